The molecule has 0 aromatic heterocycles. The van der Waals surface area contributed by atoms with Gasteiger partial charge < -0.3 is 15.5 Å². The summed E-state index contributed by atoms with van der Waals surface area (Å²) in [6.45, 7) is 6.37. The summed E-state index contributed by atoms with van der Waals surface area (Å²) in [5.41, 5.74) is 0. The van der Waals surface area contributed by atoms with Crippen LogP contribution in [-0.4, -0.2) is 51.6 Å². The minimum atomic E-state index is 0. The minimum Gasteiger partial charge on any atom is -0.358 e. The molecule has 0 saturated heterocycles. The normalized spacial score (nSPS) is 9.29. The summed E-state index contributed by atoms with van der Waals surface area (Å²) in [7, 11) is 5.72. The fourth-order valence-corrected chi connectivity index (χ4v) is 0.811. The van der Waals surface area contributed by atoms with Gasteiger partial charge in [-0.25, -0.2) is 0 Å². The summed E-state index contributed by atoms with van der Waals surface area (Å²) < 4.78 is 0. The van der Waals surface area contributed by atoms with Gasteiger partial charge in [-0.05, 0) is 33.6 Å². The number of rotatable bonds is 6. The molecule has 0 bridgehead atoms. The van der Waals surface area contributed by atoms with E-state index in [-0.39, 0.29) is 8.76 Å². The zero-order valence-corrected chi connectivity index (χ0v) is 10.2. The highest BCUT2D eigenvalue weighted by Crippen LogP contribution is 1.79. The molecule has 4 nitrogen and oxygen atoms in total. The molecule has 2 N–H and O–H groups in total. The Balaban J connectivity index is -0.000000169. The third-order valence-electron chi connectivity index (χ3n) is 1.52. The van der Waals surface area contributed by atoms with Crippen LogP contribution < -0.4 is 10.6 Å². The van der Waals surface area contributed by atoms with Gasteiger partial charge in [0.05, 0.1) is 6.54 Å². The largest absolute Gasteiger partial charge is 0.358 e. The van der Waals surface area contributed by atoms with Crippen LogP contribution in [-0.2, 0) is 4.79 Å². The van der Waals surface area contributed by atoms with Crippen LogP contribution in [0.15, 0.2) is 0 Å². The van der Waals surface area contributed by atoms with Gasteiger partial charge in [0.1, 0.15) is 0 Å². The van der Waals surface area contributed by atoms with E-state index >= 15 is 0 Å². The maximum absolute atomic E-state index is 10.7. The van der Waals surface area contributed by atoms with Gasteiger partial charge in [-0.15, -0.1) is 0 Å². The summed E-state index contributed by atoms with van der Waals surface area (Å²) >= 11 is 0. The van der Waals surface area contributed by atoms with Gasteiger partial charge in [0.15, 0.2) is 0 Å². The first-order valence-corrected chi connectivity index (χ1v) is 5.23. The predicted molar refractivity (Wildman–Crippen MR) is 65.7 cm³/mol. The highest BCUT2D eigenvalue weighted by Gasteiger charge is 1.95. The molecule has 0 atom stereocenters. The van der Waals surface area contributed by atoms with Crippen molar-refractivity contribution in [2.45, 2.75) is 20.3 Å². The standard InChI is InChI=1S/C8H19N3O.C2H6.2H2/c1-9-8(12)7-10-5-4-6-11(2)3;1-2;;/h10H,4-7H2,1-3H3,(H,9,12);1-2H3;2*1H. The van der Waals surface area contributed by atoms with E-state index in [2.05, 4.69) is 15.5 Å². The smallest absolute Gasteiger partial charge is 0.233 e. The Bertz CT molecular complexity index is 135. The zero-order valence-electron chi connectivity index (χ0n) is 10.2. The fourth-order valence-electron chi connectivity index (χ4n) is 0.811. The lowest BCUT2D eigenvalue weighted by atomic mass is 10.4. The number of carbonyl (C=O) groups is 1. The molecule has 0 saturated carbocycles. The van der Waals surface area contributed by atoms with Crippen LogP contribution in [0.4, 0.5) is 0 Å². The molecule has 0 aromatic rings. The van der Waals surface area contributed by atoms with E-state index < -0.39 is 0 Å². The third kappa shape index (κ3) is 13.9. The molecule has 0 rings (SSSR count). The Morgan fingerprint density at radius 3 is 2.36 bits per heavy atom. The van der Waals surface area contributed by atoms with E-state index in [4.69, 9.17) is 0 Å². The summed E-state index contributed by atoms with van der Waals surface area (Å²) in [6, 6.07) is 0. The average molecular weight is 207 g/mol. The first-order chi connectivity index (χ1) is 6.66. The van der Waals surface area contributed by atoms with Crippen molar-refractivity contribution >= 4 is 5.91 Å². The number of hydrogen-bond donors (Lipinski definition) is 2. The Labute approximate surface area is 91.0 Å². The molecule has 4 heteroatoms. The molecular formula is C10H29N3O. The molecule has 0 aliphatic carbocycles. The van der Waals surface area contributed by atoms with E-state index in [1.54, 1.807) is 7.05 Å². The highest BCUT2D eigenvalue weighted by molar-refractivity contribution is 5.77. The quantitative estimate of drug-likeness (QED) is 0.633. The van der Waals surface area contributed by atoms with E-state index in [1.807, 2.05) is 27.9 Å². The van der Waals surface area contributed by atoms with Gasteiger partial charge in [-0.1, -0.05) is 13.8 Å². The van der Waals surface area contributed by atoms with Crippen molar-refractivity contribution in [3.8, 4) is 0 Å². The van der Waals surface area contributed by atoms with Gasteiger partial charge in [-0.2, -0.15) is 0 Å². The second-order valence-corrected chi connectivity index (χ2v) is 3.01. The molecular weight excluding hydrogens is 178 g/mol. The number of carbonyl (C=O) groups excluding carboxylic acids is 1. The molecule has 90 valence electrons. The van der Waals surface area contributed by atoms with E-state index in [0.717, 1.165) is 19.5 Å². The van der Waals surface area contributed by atoms with Crippen molar-refractivity contribution < 1.29 is 7.65 Å². The summed E-state index contributed by atoms with van der Waals surface area (Å²) in [6.07, 6.45) is 1.07. The highest BCUT2D eigenvalue weighted by atomic mass is 16.1. The minimum absolute atomic E-state index is 0. The van der Waals surface area contributed by atoms with Crippen LogP contribution in [0.3, 0.4) is 0 Å². The maximum Gasteiger partial charge on any atom is 0.233 e. The zero-order chi connectivity index (χ0) is 11.4. The van der Waals surface area contributed by atoms with Crippen molar-refractivity contribution in [3.63, 3.8) is 0 Å². The lowest BCUT2D eigenvalue weighted by molar-refractivity contribution is -0.119. The lowest BCUT2D eigenvalue weighted by Crippen LogP contribution is -2.32. The number of likely N-dealkylation sites (N-methyl/N-ethyl adjacent to an activating group) is 1. The third-order valence-corrected chi connectivity index (χ3v) is 1.52. The van der Waals surface area contributed by atoms with Crippen molar-refractivity contribution in [3.05, 3.63) is 0 Å². The molecule has 0 aliphatic rings. The molecule has 0 aromatic carbocycles. The predicted octanol–water partition coefficient (Wildman–Crippen LogP) is 0.792. The topological polar surface area (TPSA) is 44.4 Å². The second kappa shape index (κ2) is 12.4. The molecule has 0 unspecified atom stereocenters. The Hall–Kier alpha value is -0.610. The Morgan fingerprint density at radius 1 is 1.36 bits per heavy atom. The summed E-state index contributed by atoms with van der Waals surface area (Å²) in [5, 5.41) is 5.61. The average Bonchev–Trinajstić information content (AvgIpc) is 2.19. The van der Waals surface area contributed by atoms with Gasteiger partial charge in [-0.3, -0.25) is 4.79 Å². The van der Waals surface area contributed by atoms with Crippen LogP contribution in [0.5, 0.6) is 0 Å². The van der Waals surface area contributed by atoms with Crippen LogP contribution in [0.2, 0.25) is 0 Å². The van der Waals surface area contributed by atoms with E-state index in [1.165, 1.54) is 0 Å². The monoisotopic (exact) mass is 207 g/mol. The van der Waals surface area contributed by atoms with Crippen molar-refractivity contribution in [1.82, 2.24) is 15.5 Å². The number of nitrogens with one attached hydrogen (secondary N) is 2. The molecule has 1 amide bonds. The van der Waals surface area contributed by atoms with Crippen LogP contribution in [0.1, 0.15) is 23.1 Å². The molecule has 0 fully saturated rings. The molecule has 14 heavy (non-hydrogen) atoms. The van der Waals surface area contributed by atoms with Crippen LogP contribution in [0, 0.1) is 0 Å². The molecule has 0 radical (unpaired) electrons. The Kier molecular flexibility index (Phi) is 14.0. The second-order valence-electron chi connectivity index (χ2n) is 3.01. The summed E-state index contributed by atoms with van der Waals surface area (Å²) in [4.78, 5) is 12.9. The van der Waals surface area contributed by atoms with Crippen molar-refractivity contribution in [1.29, 1.82) is 0 Å². The van der Waals surface area contributed by atoms with Gasteiger partial charge >= 0.3 is 0 Å². The fraction of sp³-hybridized carbons (Fsp3) is 0.900. The van der Waals surface area contributed by atoms with Gasteiger partial charge in [0.2, 0.25) is 5.91 Å². The SMILES string of the molecule is CC.CNC(=O)CNCCCN(C)C.[HH].[HH]. The van der Waals surface area contributed by atoms with Crippen molar-refractivity contribution in [2.24, 2.45) is 0 Å². The number of hydrogen-bond acceptors (Lipinski definition) is 3. The van der Waals surface area contributed by atoms with E-state index in [9.17, 15) is 4.79 Å². The van der Waals surface area contributed by atoms with Crippen LogP contribution in [0.25, 0.3) is 0 Å². The summed E-state index contributed by atoms with van der Waals surface area (Å²) in [5.74, 6) is 0.0415. The van der Waals surface area contributed by atoms with E-state index in [0.29, 0.717) is 6.54 Å². The molecule has 0 aliphatic heterocycles. The van der Waals surface area contributed by atoms with Crippen LogP contribution >= 0.6 is 0 Å². The Morgan fingerprint density at radius 2 is 1.93 bits per heavy atom. The lowest BCUT2D eigenvalue weighted by Gasteiger charge is -2.09. The number of nitrogens with zero attached hydrogens (tertiary/aromatic N) is 1. The molecule has 0 spiro atoms. The number of amides is 1. The van der Waals surface area contributed by atoms with Gasteiger partial charge in [0.25, 0.3) is 0 Å². The van der Waals surface area contributed by atoms with Gasteiger partial charge in [0, 0.05) is 9.90 Å². The first-order valence-electron chi connectivity index (χ1n) is 5.23. The molecule has 0 heterocycles. The first kappa shape index (κ1) is 15.8. The van der Waals surface area contributed by atoms with Crippen molar-refractivity contribution in [2.75, 3.05) is 40.8 Å². The maximum atomic E-state index is 10.7.